The van der Waals surface area contributed by atoms with E-state index in [-0.39, 0.29) is 12.3 Å². The molecule has 1 N–H and O–H groups in total. The number of benzene rings is 3. The predicted molar refractivity (Wildman–Crippen MR) is 108 cm³/mol. The van der Waals surface area contributed by atoms with Crippen molar-refractivity contribution in [1.82, 2.24) is 0 Å². The minimum absolute atomic E-state index is 0.0946. The van der Waals surface area contributed by atoms with Crippen LogP contribution in [0.2, 0.25) is 0 Å². The third-order valence-electron chi connectivity index (χ3n) is 4.06. The van der Waals surface area contributed by atoms with Gasteiger partial charge in [0.1, 0.15) is 11.5 Å². The molecule has 0 heterocycles. The zero-order valence-corrected chi connectivity index (χ0v) is 16.3. The van der Waals surface area contributed by atoms with E-state index >= 15 is 0 Å². The Hall–Kier alpha value is -2.53. The van der Waals surface area contributed by atoms with Crippen LogP contribution >= 0.6 is 15.9 Å². The fourth-order valence-electron chi connectivity index (χ4n) is 2.89. The normalized spacial score (nSPS) is 10.6. The summed E-state index contributed by atoms with van der Waals surface area (Å²) < 4.78 is 11.9. The standard InChI is InChI=1S/C21H20BrNO3/c1-3-26-17-8-6-16(7-9-17)23-21(24)13-19-18-10-5-15(22)12-14(18)4-11-20(19)25-2/h4-12H,3,13H2,1-2H3,(H,23,24). The summed E-state index contributed by atoms with van der Waals surface area (Å²) in [7, 11) is 1.62. The maximum atomic E-state index is 12.6. The van der Waals surface area contributed by atoms with Crippen LogP contribution < -0.4 is 14.8 Å². The highest BCUT2D eigenvalue weighted by Crippen LogP contribution is 2.30. The van der Waals surface area contributed by atoms with Gasteiger partial charge in [-0.15, -0.1) is 0 Å². The van der Waals surface area contributed by atoms with Crippen LogP contribution in [0.4, 0.5) is 5.69 Å². The van der Waals surface area contributed by atoms with Gasteiger partial charge in [-0.3, -0.25) is 4.79 Å². The highest BCUT2D eigenvalue weighted by Gasteiger charge is 2.13. The zero-order chi connectivity index (χ0) is 18.5. The molecule has 0 saturated heterocycles. The molecule has 3 aromatic rings. The van der Waals surface area contributed by atoms with Crippen molar-refractivity contribution in [2.75, 3.05) is 19.0 Å². The Balaban J connectivity index is 1.82. The summed E-state index contributed by atoms with van der Waals surface area (Å²) in [6.45, 7) is 2.55. The van der Waals surface area contributed by atoms with Gasteiger partial charge in [0.2, 0.25) is 5.91 Å². The Kier molecular flexibility index (Phi) is 5.78. The van der Waals surface area contributed by atoms with Gasteiger partial charge in [0.15, 0.2) is 0 Å². The van der Waals surface area contributed by atoms with E-state index in [2.05, 4.69) is 21.2 Å². The second kappa shape index (κ2) is 8.23. The van der Waals surface area contributed by atoms with Gasteiger partial charge in [0.05, 0.1) is 20.1 Å². The molecule has 3 rings (SSSR count). The molecule has 0 unspecified atom stereocenters. The Morgan fingerprint density at radius 1 is 1.08 bits per heavy atom. The SMILES string of the molecule is CCOc1ccc(NC(=O)Cc2c(OC)ccc3cc(Br)ccc23)cc1. The Morgan fingerprint density at radius 2 is 1.85 bits per heavy atom. The highest BCUT2D eigenvalue weighted by atomic mass is 79.9. The van der Waals surface area contributed by atoms with Crippen LogP contribution in [-0.2, 0) is 11.2 Å². The Morgan fingerprint density at radius 3 is 2.54 bits per heavy atom. The number of methoxy groups -OCH3 is 1. The Labute approximate surface area is 161 Å². The number of halogens is 1. The third-order valence-corrected chi connectivity index (χ3v) is 4.55. The van der Waals surface area contributed by atoms with Crippen LogP contribution in [0, 0.1) is 0 Å². The molecule has 3 aromatic carbocycles. The number of fused-ring (bicyclic) bond motifs is 1. The van der Waals surface area contributed by atoms with Crippen molar-refractivity contribution in [3.63, 3.8) is 0 Å². The first kappa shape index (κ1) is 18.3. The molecular weight excluding hydrogens is 394 g/mol. The van der Waals surface area contributed by atoms with Crippen molar-refractivity contribution in [3.05, 3.63) is 64.6 Å². The van der Waals surface area contributed by atoms with Gasteiger partial charge in [-0.1, -0.05) is 28.1 Å². The second-order valence-electron chi connectivity index (χ2n) is 5.79. The summed E-state index contributed by atoms with van der Waals surface area (Å²) in [5.41, 5.74) is 1.61. The number of carbonyl (C=O) groups is 1. The molecule has 26 heavy (non-hydrogen) atoms. The third kappa shape index (κ3) is 4.17. The van der Waals surface area contributed by atoms with E-state index in [1.807, 2.05) is 61.5 Å². The predicted octanol–water partition coefficient (Wildman–Crippen LogP) is 5.19. The Bertz CT molecular complexity index is 922. The molecule has 134 valence electrons. The van der Waals surface area contributed by atoms with Crippen molar-refractivity contribution in [3.8, 4) is 11.5 Å². The number of hydrogen-bond donors (Lipinski definition) is 1. The van der Waals surface area contributed by atoms with Gasteiger partial charge < -0.3 is 14.8 Å². The fraction of sp³-hybridized carbons (Fsp3) is 0.190. The molecule has 0 bridgehead atoms. The monoisotopic (exact) mass is 413 g/mol. The summed E-state index contributed by atoms with van der Waals surface area (Å²) in [6.07, 6.45) is 0.232. The first-order valence-electron chi connectivity index (χ1n) is 8.38. The van der Waals surface area contributed by atoms with E-state index in [9.17, 15) is 4.79 Å². The van der Waals surface area contributed by atoms with E-state index in [1.165, 1.54) is 0 Å². The maximum Gasteiger partial charge on any atom is 0.228 e. The molecule has 0 aromatic heterocycles. The van der Waals surface area contributed by atoms with Gasteiger partial charge in [-0.2, -0.15) is 0 Å². The van der Waals surface area contributed by atoms with Crippen LogP contribution in [0.15, 0.2) is 59.1 Å². The van der Waals surface area contributed by atoms with E-state index in [1.54, 1.807) is 7.11 Å². The topological polar surface area (TPSA) is 47.6 Å². The molecule has 0 spiro atoms. The highest BCUT2D eigenvalue weighted by molar-refractivity contribution is 9.10. The van der Waals surface area contributed by atoms with Gasteiger partial charge in [-0.25, -0.2) is 0 Å². The van der Waals surface area contributed by atoms with Crippen molar-refractivity contribution in [2.45, 2.75) is 13.3 Å². The molecule has 0 aliphatic carbocycles. The summed E-state index contributed by atoms with van der Waals surface area (Å²) in [4.78, 5) is 12.6. The number of hydrogen-bond acceptors (Lipinski definition) is 3. The molecule has 0 aliphatic rings. The maximum absolute atomic E-state index is 12.6. The lowest BCUT2D eigenvalue weighted by molar-refractivity contribution is -0.115. The molecule has 0 saturated carbocycles. The average Bonchev–Trinajstić information content (AvgIpc) is 2.63. The first-order valence-corrected chi connectivity index (χ1v) is 9.18. The van der Waals surface area contributed by atoms with E-state index in [0.29, 0.717) is 12.4 Å². The van der Waals surface area contributed by atoms with E-state index in [0.717, 1.165) is 32.2 Å². The minimum Gasteiger partial charge on any atom is -0.496 e. The van der Waals surface area contributed by atoms with Crippen LogP contribution in [-0.4, -0.2) is 19.6 Å². The minimum atomic E-state index is -0.0946. The van der Waals surface area contributed by atoms with E-state index < -0.39 is 0 Å². The molecule has 1 amide bonds. The zero-order valence-electron chi connectivity index (χ0n) is 14.7. The van der Waals surface area contributed by atoms with Crippen LogP contribution in [0.1, 0.15) is 12.5 Å². The summed E-state index contributed by atoms with van der Waals surface area (Å²) in [5, 5.41) is 5.00. The molecule has 5 heteroatoms. The number of carbonyl (C=O) groups excluding carboxylic acids is 1. The smallest absolute Gasteiger partial charge is 0.228 e. The van der Waals surface area contributed by atoms with Gasteiger partial charge in [0, 0.05) is 15.7 Å². The molecule has 0 aliphatic heterocycles. The van der Waals surface area contributed by atoms with Gasteiger partial charge in [0.25, 0.3) is 0 Å². The van der Waals surface area contributed by atoms with Crippen molar-refractivity contribution < 1.29 is 14.3 Å². The van der Waals surface area contributed by atoms with Crippen molar-refractivity contribution in [2.24, 2.45) is 0 Å². The lowest BCUT2D eigenvalue weighted by atomic mass is 10.0. The summed E-state index contributed by atoms with van der Waals surface area (Å²) in [6, 6.07) is 17.2. The molecular formula is C21H20BrNO3. The van der Waals surface area contributed by atoms with Crippen LogP contribution in [0.5, 0.6) is 11.5 Å². The number of nitrogens with one attached hydrogen (secondary N) is 1. The number of amides is 1. The van der Waals surface area contributed by atoms with Crippen LogP contribution in [0.25, 0.3) is 10.8 Å². The van der Waals surface area contributed by atoms with Crippen LogP contribution in [0.3, 0.4) is 0 Å². The quantitative estimate of drug-likeness (QED) is 0.604. The lowest BCUT2D eigenvalue weighted by Crippen LogP contribution is -2.15. The second-order valence-corrected chi connectivity index (χ2v) is 6.71. The van der Waals surface area contributed by atoms with Crippen molar-refractivity contribution >= 4 is 38.3 Å². The first-order chi connectivity index (χ1) is 12.6. The largest absolute Gasteiger partial charge is 0.496 e. The molecule has 0 radical (unpaired) electrons. The molecule has 4 nitrogen and oxygen atoms in total. The number of ether oxygens (including phenoxy) is 2. The number of anilines is 1. The summed E-state index contributed by atoms with van der Waals surface area (Å²) in [5.74, 6) is 1.40. The van der Waals surface area contributed by atoms with Crippen molar-refractivity contribution in [1.29, 1.82) is 0 Å². The van der Waals surface area contributed by atoms with E-state index in [4.69, 9.17) is 9.47 Å². The molecule has 0 fully saturated rings. The van der Waals surface area contributed by atoms with Gasteiger partial charge >= 0.3 is 0 Å². The summed E-state index contributed by atoms with van der Waals surface area (Å²) >= 11 is 3.48. The van der Waals surface area contributed by atoms with Gasteiger partial charge in [-0.05, 0) is 60.2 Å². The average molecular weight is 414 g/mol. The number of rotatable bonds is 6. The lowest BCUT2D eigenvalue weighted by Gasteiger charge is -2.13. The molecule has 0 atom stereocenters. The fourth-order valence-corrected chi connectivity index (χ4v) is 3.26.